The Labute approximate surface area is 110 Å². The number of rotatable bonds is 2. The van der Waals surface area contributed by atoms with Crippen molar-refractivity contribution < 1.29 is 4.74 Å². The molecule has 0 radical (unpaired) electrons. The van der Waals surface area contributed by atoms with Crippen LogP contribution in [0, 0.1) is 0 Å². The molecule has 3 rings (SSSR count). The summed E-state index contributed by atoms with van der Waals surface area (Å²) < 4.78 is 5.74. The first-order chi connectivity index (χ1) is 8.74. The van der Waals surface area contributed by atoms with E-state index in [1.54, 1.807) is 7.11 Å². The summed E-state index contributed by atoms with van der Waals surface area (Å²) in [6, 6.07) is 4.52. The van der Waals surface area contributed by atoms with Gasteiger partial charge in [-0.25, -0.2) is 0 Å². The average Bonchev–Trinajstić information content (AvgIpc) is 2.85. The monoisotopic (exact) mass is 245 g/mol. The Morgan fingerprint density at radius 3 is 2.50 bits per heavy atom. The normalized spacial score (nSPS) is 21.7. The summed E-state index contributed by atoms with van der Waals surface area (Å²) >= 11 is 0. The van der Waals surface area contributed by atoms with E-state index >= 15 is 0 Å². The second kappa shape index (κ2) is 4.58. The van der Waals surface area contributed by atoms with E-state index in [1.165, 1.54) is 48.8 Å². The number of nitrogens with two attached hydrogens (primary N) is 1. The molecule has 0 atom stereocenters. The minimum absolute atomic E-state index is 0.141. The molecule has 2 aliphatic carbocycles. The fourth-order valence-electron chi connectivity index (χ4n) is 3.69. The van der Waals surface area contributed by atoms with E-state index in [1.807, 2.05) is 0 Å². The van der Waals surface area contributed by atoms with Crippen molar-refractivity contribution in [3.63, 3.8) is 0 Å². The maximum atomic E-state index is 6.61. The van der Waals surface area contributed by atoms with E-state index in [4.69, 9.17) is 10.5 Å². The molecule has 2 aliphatic rings. The zero-order chi connectivity index (χ0) is 12.6. The van der Waals surface area contributed by atoms with Gasteiger partial charge in [0.15, 0.2) is 0 Å². The van der Waals surface area contributed by atoms with E-state index in [2.05, 4.69) is 12.1 Å². The fraction of sp³-hybridized carbons (Fsp3) is 0.625. The van der Waals surface area contributed by atoms with Crippen molar-refractivity contribution >= 4 is 0 Å². The predicted octanol–water partition coefficient (Wildman–Crippen LogP) is 3.30. The highest BCUT2D eigenvalue weighted by Gasteiger charge is 2.35. The zero-order valence-corrected chi connectivity index (χ0v) is 11.3. The number of hydrogen-bond acceptors (Lipinski definition) is 2. The number of fused-ring (bicyclic) bond motifs is 1. The first-order valence-electron chi connectivity index (χ1n) is 7.23. The van der Waals surface area contributed by atoms with Crippen molar-refractivity contribution in [2.45, 2.75) is 56.9 Å². The third kappa shape index (κ3) is 1.83. The SMILES string of the molecule is COc1c(C2(N)CCCC2)ccc2c1CCCC2. The minimum atomic E-state index is -0.141. The molecule has 2 nitrogen and oxygen atoms in total. The lowest BCUT2D eigenvalue weighted by molar-refractivity contribution is 0.372. The summed E-state index contributed by atoms with van der Waals surface area (Å²) in [7, 11) is 1.80. The molecule has 1 fully saturated rings. The molecule has 2 N–H and O–H groups in total. The van der Waals surface area contributed by atoms with Crippen LogP contribution in [-0.4, -0.2) is 7.11 Å². The van der Waals surface area contributed by atoms with Gasteiger partial charge in [-0.05, 0) is 49.7 Å². The van der Waals surface area contributed by atoms with Gasteiger partial charge in [-0.15, -0.1) is 0 Å². The van der Waals surface area contributed by atoms with E-state index in [9.17, 15) is 0 Å². The Morgan fingerprint density at radius 2 is 1.78 bits per heavy atom. The van der Waals surface area contributed by atoms with Crippen LogP contribution in [0.2, 0.25) is 0 Å². The first-order valence-corrected chi connectivity index (χ1v) is 7.23. The van der Waals surface area contributed by atoms with Crippen LogP contribution >= 0.6 is 0 Å². The van der Waals surface area contributed by atoms with Gasteiger partial charge in [-0.3, -0.25) is 0 Å². The van der Waals surface area contributed by atoms with E-state index in [0.717, 1.165) is 25.0 Å². The predicted molar refractivity (Wildman–Crippen MR) is 74.0 cm³/mol. The third-order valence-electron chi connectivity index (χ3n) is 4.72. The summed E-state index contributed by atoms with van der Waals surface area (Å²) in [5.41, 5.74) is 10.6. The maximum absolute atomic E-state index is 6.61. The van der Waals surface area contributed by atoms with Gasteiger partial charge >= 0.3 is 0 Å². The lowest BCUT2D eigenvalue weighted by atomic mass is 9.82. The minimum Gasteiger partial charge on any atom is -0.496 e. The Bertz CT molecular complexity index is 447. The van der Waals surface area contributed by atoms with Crippen molar-refractivity contribution in [1.82, 2.24) is 0 Å². The molecule has 0 unspecified atom stereocenters. The number of benzene rings is 1. The van der Waals surface area contributed by atoms with E-state index in [0.29, 0.717) is 0 Å². The van der Waals surface area contributed by atoms with Gasteiger partial charge in [-0.2, -0.15) is 0 Å². The lowest BCUT2D eigenvalue weighted by Gasteiger charge is -2.29. The van der Waals surface area contributed by atoms with E-state index in [-0.39, 0.29) is 5.54 Å². The molecule has 0 bridgehead atoms. The average molecular weight is 245 g/mol. The van der Waals surface area contributed by atoms with Crippen LogP contribution < -0.4 is 10.5 Å². The van der Waals surface area contributed by atoms with E-state index < -0.39 is 0 Å². The molecule has 0 aliphatic heterocycles. The molecule has 0 spiro atoms. The Balaban J connectivity index is 2.09. The Hall–Kier alpha value is -1.02. The van der Waals surface area contributed by atoms with Gasteiger partial charge in [-0.1, -0.05) is 25.0 Å². The molecule has 1 aromatic carbocycles. The third-order valence-corrected chi connectivity index (χ3v) is 4.72. The highest BCUT2D eigenvalue weighted by molar-refractivity contribution is 5.50. The second-order valence-corrected chi connectivity index (χ2v) is 5.85. The van der Waals surface area contributed by atoms with Crippen LogP contribution in [0.5, 0.6) is 5.75 Å². The zero-order valence-electron chi connectivity index (χ0n) is 11.3. The standard InChI is InChI=1S/C16H23NO/c1-18-15-13-7-3-2-6-12(13)8-9-14(15)16(17)10-4-5-11-16/h8-9H,2-7,10-11,17H2,1H3. The maximum Gasteiger partial charge on any atom is 0.127 e. The number of methoxy groups -OCH3 is 1. The lowest BCUT2D eigenvalue weighted by Crippen LogP contribution is -2.34. The molecule has 1 saturated carbocycles. The molecular formula is C16H23NO. The van der Waals surface area contributed by atoms with Crippen LogP contribution in [0.25, 0.3) is 0 Å². The van der Waals surface area contributed by atoms with Crippen LogP contribution in [0.3, 0.4) is 0 Å². The molecule has 0 aromatic heterocycles. The quantitative estimate of drug-likeness (QED) is 0.867. The van der Waals surface area contributed by atoms with Gasteiger partial charge in [0.05, 0.1) is 7.11 Å². The van der Waals surface area contributed by atoms with Gasteiger partial charge < -0.3 is 10.5 Å². The van der Waals surface area contributed by atoms with Crippen LogP contribution in [0.15, 0.2) is 12.1 Å². The Kier molecular flexibility index (Phi) is 3.06. The molecule has 0 amide bonds. The number of ether oxygens (including phenoxy) is 1. The highest BCUT2D eigenvalue weighted by Crippen LogP contribution is 2.43. The molecule has 1 aromatic rings. The fourth-order valence-corrected chi connectivity index (χ4v) is 3.69. The second-order valence-electron chi connectivity index (χ2n) is 5.85. The Morgan fingerprint density at radius 1 is 1.06 bits per heavy atom. The molecule has 18 heavy (non-hydrogen) atoms. The number of hydrogen-bond donors (Lipinski definition) is 1. The van der Waals surface area contributed by atoms with Crippen LogP contribution in [-0.2, 0) is 18.4 Å². The van der Waals surface area contributed by atoms with Gasteiger partial charge in [0.25, 0.3) is 0 Å². The largest absolute Gasteiger partial charge is 0.496 e. The summed E-state index contributed by atoms with van der Waals surface area (Å²) in [4.78, 5) is 0. The summed E-state index contributed by atoms with van der Waals surface area (Å²) in [6.07, 6.45) is 9.64. The van der Waals surface area contributed by atoms with Crippen molar-refractivity contribution in [3.05, 3.63) is 28.8 Å². The summed E-state index contributed by atoms with van der Waals surface area (Å²) in [5, 5.41) is 0. The summed E-state index contributed by atoms with van der Waals surface area (Å²) in [6.45, 7) is 0. The molecule has 2 heteroatoms. The number of aryl methyl sites for hydroxylation is 1. The van der Waals surface area contributed by atoms with Gasteiger partial charge in [0.2, 0.25) is 0 Å². The molecule has 0 saturated heterocycles. The van der Waals surface area contributed by atoms with Crippen molar-refractivity contribution in [2.75, 3.05) is 7.11 Å². The molecule has 98 valence electrons. The summed E-state index contributed by atoms with van der Waals surface area (Å²) in [5.74, 6) is 1.09. The highest BCUT2D eigenvalue weighted by atomic mass is 16.5. The topological polar surface area (TPSA) is 35.2 Å². The van der Waals surface area contributed by atoms with Crippen molar-refractivity contribution in [2.24, 2.45) is 5.73 Å². The van der Waals surface area contributed by atoms with Crippen molar-refractivity contribution in [3.8, 4) is 5.75 Å². The first kappa shape index (κ1) is 12.0. The van der Waals surface area contributed by atoms with Crippen molar-refractivity contribution in [1.29, 1.82) is 0 Å². The molecular weight excluding hydrogens is 222 g/mol. The smallest absolute Gasteiger partial charge is 0.127 e. The van der Waals surface area contributed by atoms with Gasteiger partial charge in [0, 0.05) is 11.1 Å². The van der Waals surface area contributed by atoms with Gasteiger partial charge in [0.1, 0.15) is 5.75 Å². The molecule has 0 heterocycles. The van der Waals surface area contributed by atoms with Crippen LogP contribution in [0.1, 0.15) is 55.2 Å². The van der Waals surface area contributed by atoms with Crippen LogP contribution in [0.4, 0.5) is 0 Å².